The summed E-state index contributed by atoms with van der Waals surface area (Å²) in [4.78, 5) is 28.6. The number of aromatic amines is 2. The summed E-state index contributed by atoms with van der Waals surface area (Å²) in [6, 6.07) is 13.0. The molecular weight excluding hydrogens is 264 g/mol. The lowest BCUT2D eigenvalue weighted by Crippen LogP contribution is -1.99. The number of ketones is 1. The predicted molar refractivity (Wildman–Crippen MR) is 83.5 cm³/mol. The number of imidazole rings is 1. The molecule has 1 aromatic heterocycles. The normalized spacial score (nSPS) is 11.3. The number of carbonyl (C=O) groups excluding carboxylic acids is 1. The maximum absolute atomic E-state index is 12.1. The summed E-state index contributed by atoms with van der Waals surface area (Å²) < 4.78 is 0. The third-order valence-corrected chi connectivity index (χ3v) is 3.30. The Balaban J connectivity index is 1.86. The zero-order chi connectivity index (χ0) is 14.8. The fourth-order valence-corrected chi connectivity index (χ4v) is 2.13. The van der Waals surface area contributed by atoms with Crippen LogP contribution in [-0.2, 0) is 0 Å². The third kappa shape index (κ3) is 2.84. The first-order valence-corrected chi connectivity index (χ1v) is 6.63. The number of carbonyl (C=O) groups is 1. The fraction of sp³-hybridized carbons (Fsp3) is 0.0588. The zero-order valence-corrected chi connectivity index (χ0v) is 11.5. The third-order valence-electron chi connectivity index (χ3n) is 3.30. The Labute approximate surface area is 121 Å². The quantitative estimate of drug-likeness (QED) is 0.571. The Morgan fingerprint density at radius 3 is 2.48 bits per heavy atom. The summed E-state index contributed by atoms with van der Waals surface area (Å²) in [7, 11) is 0. The van der Waals surface area contributed by atoms with Crippen LogP contribution in [0.25, 0.3) is 17.1 Å². The van der Waals surface area contributed by atoms with Gasteiger partial charge in [0.15, 0.2) is 5.78 Å². The van der Waals surface area contributed by atoms with Gasteiger partial charge in [0.05, 0.1) is 11.0 Å². The van der Waals surface area contributed by atoms with Crippen molar-refractivity contribution < 1.29 is 4.79 Å². The van der Waals surface area contributed by atoms with Crippen LogP contribution in [0.3, 0.4) is 0 Å². The monoisotopic (exact) mass is 278 g/mol. The van der Waals surface area contributed by atoms with E-state index in [1.165, 1.54) is 11.6 Å². The maximum Gasteiger partial charge on any atom is 0.323 e. The van der Waals surface area contributed by atoms with E-state index in [9.17, 15) is 9.59 Å². The second-order valence-electron chi connectivity index (χ2n) is 4.95. The number of aromatic nitrogens is 2. The molecule has 0 aliphatic heterocycles. The van der Waals surface area contributed by atoms with Crippen LogP contribution in [0.2, 0.25) is 0 Å². The molecule has 0 radical (unpaired) electrons. The fourth-order valence-electron chi connectivity index (χ4n) is 2.13. The summed E-state index contributed by atoms with van der Waals surface area (Å²) >= 11 is 0. The molecule has 4 nitrogen and oxygen atoms in total. The number of aryl methyl sites for hydroxylation is 1. The Morgan fingerprint density at radius 2 is 1.71 bits per heavy atom. The van der Waals surface area contributed by atoms with Crippen molar-refractivity contribution in [3.8, 4) is 0 Å². The number of hydrogen-bond acceptors (Lipinski definition) is 2. The van der Waals surface area contributed by atoms with Crippen molar-refractivity contribution >= 4 is 22.9 Å². The van der Waals surface area contributed by atoms with E-state index in [2.05, 4.69) is 9.97 Å². The molecule has 0 saturated carbocycles. The molecule has 0 bridgehead atoms. The van der Waals surface area contributed by atoms with Gasteiger partial charge in [-0.05, 0) is 36.8 Å². The average Bonchev–Trinajstić information content (AvgIpc) is 2.85. The van der Waals surface area contributed by atoms with Crippen LogP contribution < -0.4 is 5.69 Å². The van der Waals surface area contributed by atoms with Gasteiger partial charge in [0.1, 0.15) is 0 Å². The Kier molecular flexibility index (Phi) is 3.28. The van der Waals surface area contributed by atoms with E-state index in [1.807, 2.05) is 31.2 Å². The van der Waals surface area contributed by atoms with Gasteiger partial charge in [-0.15, -0.1) is 0 Å². The van der Waals surface area contributed by atoms with E-state index in [4.69, 9.17) is 0 Å². The van der Waals surface area contributed by atoms with Crippen LogP contribution in [0.15, 0.2) is 53.3 Å². The van der Waals surface area contributed by atoms with Crippen molar-refractivity contribution in [1.29, 1.82) is 0 Å². The maximum atomic E-state index is 12.1. The van der Waals surface area contributed by atoms with Gasteiger partial charge in [0.2, 0.25) is 0 Å². The first kappa shape index (κ1) is 13.1. The van der Waals surface area contributed by atoms with Crippen molar-refractivity contribution in [3.05, 3.63) is 75.7 Å². The van der Waals surface area contributed by atoms with Crippen LogP contribution in [0.1, 0.15) is 21.5 Å². The summed E-state index contributed by atoms with van der Waals surface area (Å²) in [5.41, 5.74) is 3.75. The molecule has 2 aromatic carbocycles. The van der Waals surface area contributed by atoms with Crippen molar-refractivity contribution in [1.82, 2.24) is 9.97 Å². The topological polar surface area (TPSA) is 65.7 Å². The Morgan fingerprint density at radius 1 is 1.00 bits per heavy atom. The molecule has 2 N–H and O–H groups in total. The van der Waals surface area contributed by atoms with Gasteiger partial charge in [-0.25, -0.2) is 4.79 Å². The van der Waals surface area contributed by atoms with Crippen molar-refractivity contribution in [2.24, 2.45) is 0 Å². The van der Waals surface area contributed by atoms with E-state index < -0.39 is 0 Å². The second kappa shape index (κ2) is 5.25. The van der Waals surface area contributed by atoms with Crippen molar-refractivity contribution in [2.75, 3.05) is 0 Å². The minimum absolute atomic E-state index is 0.0977. The molecule has 21 heavy (non-hydrogen) atoms. The van der Waals surface area contributed by atoms with E-state index >= 15 is 0 Å². The predicted octanol–water partition coefficient (Wildman–Crippen LogP) is 3.06. The Hall–Kier alpha value is -2.88. The van der Waals surface area contributed by atoms with Gasteiger partial charge < -0.3 is 9.97 Å². The van der Waals surface area contributed by atoms with E-state index in [1.54, 1.807) is 24.3 Å². The highest BCUT2D eigenvalue weighted by atomic mass is 16.1. The van der Waals surface area contributed by atoms with Gasteiger partial charge in [-0.1, -0.05) is 35.9 Å². The molecule has 0 amide bonds. The van der Waals surface area contributed by atoms with Gasteiger partial charge in [0, 0.05) is 5.56 Å². The molecule has 104 valence electrons. The molecule has 0 spiro atoms. The molecule has 0 aliphatic carbocycles. The van der Waals surface area contributed by atoms with E-state index in [0.717, 1.165) is 5.56 Å². The summed E-state index contributed by atoms with van der Waals surface area (Å²) in [6.07, 6.45) is 3.32. The molecule has 0 saturated heterocycles. The average molecular weight is 278 g/mol. The van der Waals surface area contributed by atoms with Crippen molar-refractivity contribution in [3.63, 3.8) is 0 Å². The summed E-state index contributed by atoms with van der Waals surface area (Å²) in [5.74, 6) is -0.0977. The lowest BCUT2D eigenvalue weighted by Gasteiger charge is -1.97. The lowest BCUT2D eigenvalue weighted by atomic mass is 10.1. The number of fused-ring (bicyclic) bond motifs is 1. The molecule has 0 fully saturated rings. The van der Waals surface area contributed by atoms with Crippen LogP contribution in [0.5, 0.6) is 0 Å². The molecule has 3 rings (SSSR count). The van der Waals surface area contributed by atoms with Crippen molar-refractivity contribution in [2.45, 2.75) is 6.92 Å². The number of H-pyrrole nitrogens is 2. The first-order valence-electron chi connectivity index (χ1n) is 6.63. The molecule has 3 aromatic rings. The number of rotatable bonds is 3. The molecule has 4 heteroatoms. The molecule has 1 heterocycles. The molecule has 0 atom stereocenters. The SMILES string of the molecule is Cc1ccc(C=CC(=O)c2ccc3[nH]c(=O)[nH]c3c2)cc1. The number of hydrogen-bond donors (Lipinski definition) is 2. The van der Waals surface area contributed by atoms with Crippen LogP contribution in [-0.4, -0.2) is 15.8 Å². The van der Waals surface area contributed by atoms with Gasteiger partial charge in [0.25, 0.3) is 0 Å². The minimum Gasteiger partial charge on any atom is -0.306 e. The van der Waals surface area contributed by atoms with Gasteiger partial charge in [-0.3, -0.25) is 4.79 Å². The minimum atomic E-state index is -0.273. The largest absolute Gasteiger partial charge is 0.323 e. The highest BCUT2D eigenvalue weighted by Crippen LogP contribution is 2.12. The van der Waals surface area contributed by atoms with Crippen LogP contribution in [0, 0.1) is 6.92 Å². The highest BCUT2D eigenvalue weighted by Gasteiger charge is 2.05. The summed E-state index contributed by atoms with van der Waals surface area (Å²) in [5, 5.41) is 0. The second-order valence-corrected chi connectivity index (χ2v) is 4.95. The van der Waals surface area contributed by atoms with Gasteiger partial charge >= 0.3 is 5.69 Å². The number of nitrogens with one attached hydrogen (secondary N) is 2. The van der Waals surface area contributed by atoms with Gasteiger partial charge in [-0.2, -0.15) is 0 Å². The van der Waals surface area contributed by atoms with Crippen LogP contribution in [0.4, 0.5) is 0 Å². The molecular formula is C17H14N2O2. The van der Waals surface area contributed by atoms with Crippen LogP contribution >= 0.6 is 0 Å². The smallest absolute Gasteiger partial charge is 0.306 e. The number of benzene rings is 2. The highest BCUT2D eigenvalue weighted by molar-refractivity contribution is 6.08. The first-order chi connectivity index (χ1) is 10.1. The van der Waals surface area contributed by atoms with E-state index in [-0.39, 0.29) is 11.5 Å². The van der Waals surface area contributed by atoms with E-state index in [0.29, 0.717) is 16.6 Å². The summed E-state index contributed by atoms with van der Waals surface area (Å²) in [6.45, 7) is 2.02. The molecule has 0 unspecified atom stereocenters. The lowest BCUT2D eigenvalue weighted by molar-refractivity contribution is 0.104. The standard InChI is InChI=1S/C17H14N2O2/c1-11-2-4-12(5-3-11)6-9-16(20)13-7-8-14-15(10-13)19-17(21)18-14/h2-10H,1H3,(H2,18,19,21). The molecule has 0 aliphatic rings. The number of allylic oxidation sites excluding steroid dienone is 1. The zero-order valence-electron chi connectivity index (χ0n) is 11.5. The Bertz CT molecular complexity index is 883.